The molecule has 1 unspecified atom stereocenters. The van der Waals surface area contributed by atoms with Crippen molar-refractivity contribution in [3.63, 3.8) is 0 Å². The summed E-state index contributed by atoms with van der Waals surface area (Å²) in [7, 11) is -2.45. The highest BCUT2D eigenvalue weighted by molar-refractivity contribution is 7.89. The fourth-order valence-electron chi connectivity index (χ4n) is 4.43. The number of aromatic nitrogens is 4. The van der Waals surface area contributed by atoms with Gasteiger partial charge in [-0.1, -0.05) is 12.1 Å². The molecule has 3 heterocycles. The van der Waals surface area contributed by atoms with E-state index in [4.69, 9.17) is 9.47 Å². The van der Waals surface area contributed by atoms with Crippen LogP contribution in [0.25, 0.3) is 17.0 Å². The third-order valence-electron chi connectivity index (χ3n) is 6.25. The monoisotopic (exact) mass is 576 g/mol. The van der Waals surface area contributed by atoms with Crippen LogP contribution >= 0.6 is 0 Å². The molecule has 1 atom stereocenters. The van der Waals surface area contributed by atoms with Crippen LogP contribution in [0.3, 0.4) is 0 Å². The quantitative estimate of drug-likeness (QED) is 0.317. The Hall–Kier alpha value is -4.24. The number of methoxy groups -OCH3 is 1. The van der Waals surface area contributed by atoms with Gasteiger partial charge in [-0.3, -0.25) is 4.79 Å². The van der Waals surface area contributed by atoms with Crippen LogP contribution in [0.15, 0.2) is 59.5 Å². The lowest BCUT2D eigenvalue weighted by molar-refractivity contribution is -0.170. The number of alkyl halides is 3. The van der Waals surface area contributed by atoms with Crippen LogP contribution in [0.5, 0.6) is 11.6 Å². The van der Waals surface area contributed by atoms with Gasteiger partial charge in [0.1, 0.15) is 12.4 Å². The Morgan fingerprint density at radius 3 is 2.67 bits per heavy atom. The Bertz CT molecular complexity index is 1690. The maximum absolute atomic E-state index is 13.0. The van der Waals surface area contributed by atoms with E-state index in [9.17, 15) is 26.4 Å². The van der Waals surface area contributed by atoms with Crippen LogP contribution in [0.4, 0.5) is 18.9 Å². The number of anilines is 1. The summed E-state index contributed by atoms with van der Waals surface area (Å²) < 4.78 is 79.4. The van der Waals surface area contributed by atoms with Crippen molar-refractivity contribution in [2.24, 2.45) is 0 Å². The zero-order valence-corrected chi connectivity index (χ0v) is 22.0. The summed E-state index contributed by atoms with van der Waals surface area (Å²) in [5.74, 6) is -0.685. The minimum absolute atomic E-state index is 0.0425. The first kappa shape index (κ1) is 27.3. The van der Waals surface area contributed by atoms with Gasteiger partial charge in [0.15, 0.2) is 11.5 Å². The number of carbonyl (C=O) groups is 1. The van der Waals surface area contributed by atoms with Gasteiger partial charge >= 0.3 is 12.1 Å². The number of amides is 1. The molecule has 2 aromatic carbocycles. The van der Waals surface area contributed by atoms with Crippen molar-refractivity contribution in [2.45, 2.75) is 30.5 Å². The van der Waals surface area contributed by atoms with Gasteiger partial charge in [-0.25, -0.2) is 13.1 Å². The predicted octanol–water partition coefficient (Wildman–Crippen LogP) is 3.00. The van der Waals surface area contributed by atoms with E-state index in [1.807, 2.05) is 6.07 Å². The Labute approximate surface area is 226 Å². The van der Waals surface area contributed by atoms with Gasteiger partial charge in [0, 0.05) is 29.9 Å². The van der Waals surface area contributed by atoms with Crippen molar-refractivity contribution >= 4 is 27.3 Å². The highest BCUT2D eigenvalue weighted by Gasteiger charge is 2.47. The summed E-state index contributed by atoms with van der Waals surface area (Å²) in [6.45, 7) is 1.29. The fraction of sp³-hybridized carbons (Fsp3) is 0.280. The zero-order chi connectivity index (χ0) is 28.7. The third-order valence-corrected chi connectivity index (χ3v) is 7.71. The van der Waals surface area contributed by atoms with Crippen LogP contribution in [0, 0.1) is 0 Å². The average Bonchev–Trinajstić information content (AvgIpc) is 3.49. The van der Waals surface area contributed by atoms with Gasteiger partial charge in [-0.15, -0.1) is 15.3 Å². The van der Waals surface area contributed by atoms with Crippen molar-refractivity contribution in [2.75, 3.05) is 25.2 Å². The van der Waals surface area contributed by atoms with E-state index in [1.165, 1.54) is 29.6 Å². The van der Waals surface area contributed by atoms with Crippen molar-refractivity contribution in [1.82, 2.24) is 24.5 Å². The minimum atomic E-state index is -5.04. The second-order valence-electron chi connectivity index (χ2n) is 8.96. The summed E-state index contributed by atoms with van der Waals surface area (Å²) in [4.78, 5) is 12.3. The van der Waals surface area contributed by atoms with Crippen molar-refractivity contribution in [3.05, 3.63) is 60.2 Å². The minimum Gasteiger partial charge on any atom is -0.497 e. The number of nitrogens with one attached hydrogen (secondary N) is 1. The van der Waals surface area contributed by atoms with Gasteiger partial charge in [0.05, 0.1) is 12.0 Å². The van der Waals surface area contributed by atoms with E-state index < -0.39 is 28.1 Å². The van der Waals surface area contributed by atoms with Crippen LogP contribution < -0.4 is 19.1 Å². The molecule has 2 aromatic heterocycles. The number of benzene rings is 2. The van der Waals surface area contributed by atoms with Crippen LogP contribution in [-0.2, 0) is 21.2 Å². The normalized spacial score (nSPS) is 15.3. The number of hydrogen-bond acceptors (Lipinski definition) is 8. The lowest BCUT2D eigenvalue weighted by Gasteiger charge is -2.23. The lowest BCUT2D eigenvalue weighted by atomic mass is 10.1. The molecule has 1 amide bonds. The van der Waals surface area contributed by atoms with Gasteiger partial charge in [-0.2, -0.15) is 17.7 Å². The standard InChI is InChI=1S/C25H23F3N6O5S/c1-15-12-17-14-19(6-7-20(17)33(15)24(35)25(26,27)28)40(36,37)29-10-11-39-22-9-8-21-30-31-23(34(21)32-22)16-4-3-5-18(13-16)38-2/h3-9,13-15,29H,10-12H2,1-2H3. The molecule has 0 saturated heterocycles. The molecule has 1 aliphatic heterocycles. The SMILES string of the molecule is COc1cccc(-c2nnc3ccc(OCCNS(=O)(=O)c4ccc5c(c4)CC(C)N5C(=O)C(F)(F)F)nn23)c1. The number of halogens is 3. The van der Waals surface area contributed by atoms with Crippen molar-refractivity contribution < 1.29 is 35.9 Å². The molecule has 40 heavy (non-hydrogen) atoms. The van der Waals surface area contributed by atoms with Gasteiger partial charge in [0.25, 0.3) is 0 Å². The summed E-state index contributed by atoms with van der Waals surface area (Å²) in [6, 6.07) is 13.3. The smallest absolute Gasteiger partial charge is 0.471 e. The number of fused-ring (bicyclic) bond motifs is 2. The van der Waals surface area contributed by atoms with E-state index in [2.05, 4.69) is 20.0 Å². The fourth-order valence-corrected chi connectivity index (χ4v) is 5.49. The predicted molar refractivity (Wildman–Crippen MR) is 137 cm³/mol. The maximum Gasteiger partial charge on any atom is 0.471 e. The first-order chi connectivity index (χ1) is 19.0. The maximum atomic E-state index is 13.0. The zero-order valence-electron chi connectivity index (χ0n) is 21.2. The molecule has 15 heteroatoms. The van der Waals surface area contributed by atoms with Gasteiger partial charge in [-0.05, 0) is 55.3 Å². The van der Waals surface area contributed by atoms with E-state index in [1.54, 1.807) is 37.4 Å². The van der Waals surface area contributed by atoms with Gasteiger partial charge < -0.3 is 14.4 Å². The summed E-state index contributed by atoms with van der Waals surface area (Å²) in [6.07, 6.45) is -4.94. The Morgan fingerprint density at radius 1 is 1.12 bits per heavy atom. The topological polar surface area (TPSA) is 128 Å². The lowest BCUT2D eigenvalue weighted by Crippen LogP contribution is -2.44. The molecule has 0 bridgehead atoms. The molecule has 0 saturated carbocycles. The molecule has 0 aliphatic carbocycles. The first-order valence-electron chi connectivity index (χ1n) is 12.0. The molecule has 210 valence electrons. The third kappa shape index (κ3) is 5.29. The van der Waals surface area contributed by atoms with E-state index in [0.717, 1.165) is 5.56 Å². The molecule has 1 aliphatic rings. The summed E-state index contributed by atoms with van der Waals surface area (Å²) >= 11 is 0. The van der Waals surface area contributed by atoms with Crippen molar-refractivity contribution in [3.8, 4) is 23.0 Å². The molecular formula is C25H23F3N6O5S. The van der Waals surface area contributed by atoms with Crippen molar-refractivity contribution in [1.29, 1.82) is 0 Å². The molecular weight excluding hydrogens is 553 g/mol. The molecule has 0 fully saturated rings. The molecule has 5 rings (SSSR count). The summed E-state index contributed by atoms with van der Waals surface area (Å²) in [5, 5.41) is 12.6. The number of ether oxygens (including phenoxy) is 2. The van der Waals surface area contributed by atoms with E-state index in [-0.39, 0.29) is 36.0 Å². The Balaban J connectivity index is 1.24. The largest absolute Gasteiger partial charge is 0.497 e. The molecule has 1 N–H and O–H groups in total. The average molecular weight is 577 g/mol. The summed E-state index contributed by atoms with van der Waals surface area (Å²) in [5.41, 5.74) is 1.58. The van der Waals surface area contributed by atoms with Crippen LogP contribution in [-0.4, -0.2) is 66.6 Å². The van der Waals surface area contributed by atoms with Gasteiger partial charge in [0.2, 0.25) is 15.9 Å². The highest BCUT2D eigenvalue weighted by Crippen LogP contribution is 2.36. The molecule has 4 aromatic rings. The van der Waals surface area contributed by atoms with E-state index in [0.29, 0.717) is 27.7 Å². The number of carbonyl (C=O) groups excluding carboxylic acids is 1. The molecule has 11 nitrogen and oxygen atoms in total. The molecule has 0 spiro atoms. The number of sulfonamides is 1. The second kappa shape index (κ2) is 10.4. The highest BCUT2D eigenvalue weighted by atomic mass is 32.2. The van der Waals surface area contributed by atoms with E-state index >= 15 is 0 Å². The number of rotatable bonds is 8. The first-order valence-corrected chi connectivity index (χ1v) is 13.5. The Kier molecular flexibility index (Phi) is 7.10. The number of nitrogens with zero attached hydrogens (tertiary/aromatic N) is 5. The molecule has 0 radical (unpaired) electrons. The number of hydrogen-bond donors (Lipinski definition) is 1. The van der Waals surface area contributed by atoms with Crippen LogP contribution in [0.2, 0.25) is 0 Å². The Morgan fingerprint density at radius 2 is 1.93 bits per heavy atom. The van der Waals surface area contributed by atoms with Crippen LogP contribution in [0.1, 0.15) is 12.5 Å². The second-order valence-corrected chi connectivity index (χ2v) is 10.7.